The highest BCUT2D eigenvalue weighted by atomic mass is 35.5. The van der Waals surface area contributed by atoms with Gasteiger partial charge in [0.05, 0.1) is 21.8 Å². The third kappa shape index (κ3) is 2.96. The lowest BCUT2D eigenvalue weighted by Crippen LogP contribution is -2.24. The smallest absolute Gasteiger partial charge is 0.343 e. The van der Waals surface area contributed by atoms with E-state index in [1.807, 2.05) is 17.6 Å². The molecular formula is C20H14ClF3N2O2. The van der Waals surface area contributed by atoms with Gasteiger partial charge in [-0.25, -0.2) is 0 Å². The fraction of sp³-hybridized carbons (Fsp3) is 0.200. The Morgan fingerprint density at radius 3 is 2.71 bits per heavy atom. The molecular weight excluding hydrogens is 393 g/mol. The van der Waals surface area contributed by atoms with Gasteiger partial charge in [0.25, 0.3) is 5.91 Å². The second-order valence-electron chi connectivity index (χ2n) is 6.79. The number of pyridine rings is 1. The maximum Gasteiger partial charge on any atom is 0.416 e. The molecule has 28 heavy (non-hydrogen) atoms. The molecule has 0 saturated heterocycles. The number of alkyl halides is 3. The molecule has 2 heterocycles. The second-order valence-corrected chi connectivity index (χ2v) is 7.20. The van der Waals surface area contributed by atoms with Crippen LogP contribution in [0.3, 0.4) is 0 Å². The fourth-order valence-electron chi connectivity index (χ4n) is 3.56. The van der Waals surface area contributed by atoms with Crippen molar-refractivity contribution in [2.45, 2.75) is 25.6 Å². The van der Waals surface area contributed by atoms with Gasteiger partial charge in [-0.2, -0.15) is 13.2 Å². The van der Waals surface area contributed by atoms with Crippen LogP contribution in [0.2, 0.25) is 5.02 Å². The van der Waals surface area contributed by atoms with Gasteiger partial charge in [-0.15, -0.1) is 0 Å². The van der Waals surface area contributed by atoms with Gasteiger partial charge in [0.15, 0.2) is 0 Å². The van der Waals surface area contributed by atoms with Crippen LogP contribution in [0.5, 0.6) is 0 Å². The van der Waals surface area contributed by atoms with Crippen LogP contribution in [-0.2, 0) is 12.6 Å². The van der Waals surface area contributed by atoms with Crippen LogP contribution in [0.15, 0.2) is 47.4 Å². The average molecular weight is 407 g/mol. The van der Waals surface area contributed by atoms with Gasteiger partial charge in [-0.05, 0) is 43.2 Å². The lowest BCUT2D eigenvalue weighted by Gasteiger charge is -2.14. The number of aromatic nitrogens is 1. The summed E-state index contributed by atoms with van der Waals surface area (Å²) in [5.74, 6) is -0.804. The van der Waals surface area contributed by atoms with Crippen molar-refractivity contribution in [2.24, 2.45) is 0 Å². The van der Waals surface area contributed by atoms with Crippen LogP contribution in [-0.4, -0.2) is 10.5 Å². The summed E-state index contributed by atoms with van der Waals surface area (Å²) in [5, 5.41) is 2.70. The van der Waals surface area contributed by atoms with E-state index in [0.29, 0.717) is 5.39 Å². The number of carbonyl (C=O) groups excluding carboxylic acids is 1. The Kier molecular flexibility index (Phi) is 4.23. The standard InChI is InChI=1S/C20H14ClF3N2O2/c1-10-7-11-3-2-4-13-17(11)26(10)9-14(18(13)27)19(28)25-16-8-12(20(22,23)24)5-6-15(16)21/h2-6,8-10H,7H2,1H3,(H,25,28)/t10-/m0/s1. The van der Waals surface area contributed by atoms with Crippen molar-refractivity contribution in [3.8, 4) is 0 Å². The first-order valence-corrected chi connectivity index (χ1v) is 8.89. The molecule has 1 atom stereocenters. The van der Waals surface area contributed by atoms with E-state index in [1.165, 1.54) is 6.20 Å². The molecule has 0 aliphatic carbocycles. The first-order valence-electron chi connectivity index (χ1n) is 8.51. The Bertz CT molecular complexity index is 1180. The zero-order chi connectivity index (χ0) is 20.2. The summed E-state index contributed by atoms with van der Waals surface area (Å²) in [6.45, 7) is 1.97. The van der Waals surface area contributed by atoms with Crippen LogP contribution < -0.4 is 10.7 Å². The Balaban J connectivity index is 1.78. The lowest BCUT2D eigenvalue weighted by molar-refractivity contribution is -0.137. The molecule has 0 saturated carbocycles. The number of rotatable bonds is 2. The molecule has 144 valence electrons. The minimum absolute atomic E-state index is 0.0533. The maximum absolute atomic E-state index is 12.9. The lowest BCUT2D eigenvalue weighted by atomic mass is 10.1. The van der Waals surface area contributed by atoms with Gasteiger partial charge < -0.3 is 9.88 Å². The molecule has 1 aliphatic rings. The first kappa shape index (κ1) is 18.6. The van der Waals surface area contributed by atoms with Crippen LogP contribution in [0, 0.1) is 0 Å². The number of nitrogens with zero attached hydrogens (tertiary/aromatic N) is 1. The molecule has 1 amide bonds. The Morgan fingerprint density at radius 1 is 1.25 bits per heavy atom. The van der Waals surface area contributed by atoms with E-state index in [1.54, 1.807) is 12.1 Å². The van der Waals surface area contributed by atoms with Crippen LogP contribution >= 0.6 is 11.6 Å². The van der Waals surface area contributed by atoms with Gasteiger partial charge in [0, 0.05) is 17.6 Å². The molecule has 4 nitrogen and oxygen atoms in total. The summed E-state index contributed by atoms with van der Waals surface area (Å²) >= 11 is 5.94. The fourth-order valence-corrected chi connectivity index (χ4v) is 3.73. The molecule has 2 aromatic carbocycles. The molecule has 1 aromatic heterocycles. The van der Waals surface area contributed by atoms with Crippen LogP contribution in [0.1, 0.15) is 34.5 Å². The topological polar surface area (TPSA) is 51.1 Å². The van der Waals surface area contributed by atoms with Crippen molar-refractivity contribution < 1.29 is 18.0 Å². The Labute approximate surface area is 162 Å². The summed E-state index contributed by atoms with van der Waals surface area (Å²) in [6.07, 6.45) is -2.38. The number of amides is 1. The minimum Gasteiger partial charge on any atom is -0.343 e. The molecule has 0 unspecified atom stereocenters. The highest BCUT2D eigenvalue weighted by molar-refractivity contribution is 6.34. The van der Waals surface area contributed by atoms with Crippen molar-refractivity contribution in [1.82, 2.24) is 4.57 Å². The van der Waals surface area contributed by atoms with Gasteiger partial charge >= 0.3 is 6.18 Å². The van der Waals surface area contributed by atoms with E-state index in [-0.39, 0.29) is 22.3 Å². The number of para-hydroxylation sites is 1. The van der Waals surface area contributed by atoms with Crippen LogP contribution in [0.25, 0.3) is 10.9 Å². The van der Waals surface area contributed by atoms with E-state index in [0.717, 1.165) is 35.7 Å². The van der Waals surface area contributed by atoms with Gasteiger partial charge in [0.1, 0.15) is 5.56 Å². The molecule has 1 N–H and O–H groups in total. The normalized spacial score (nSPS) is 15.8. The van der Waals surface area contributed by atoms with Crippen molar-refractivity contribution in [1.29, 1.82) is 0 Å². The first-order chi connectivity index (χ1) is 13.2. The molecule has 8 heteroatoms. The monoisotopic (exact) mass is 406 g/mol. The number of halogens is 4. The number of nitrogens with one attached hydrogen (secondary N) is 1. The summed E-state index contributed by atoms with van der Waals surface area (Å²) in [6, 6.07) is 8.02. The number of hydrogen-bond donors (Lipinski definition) is 1. The summed E-state index contributed by atoms with van der Waals surface area (Å²) in [5.41, 5.74) is 0.0434. The van der Waals surface area contributed by atoms with Gasteiger partial charge in [0.2, 0.25) is 5.43 Å². The molecule has 1 aliphatic heterocycles. The van der Waals surface area contributed by atoms with Gasteiger partial charge in [-0.3, -0.25) is 9.59 Å². The molecule has 0 radical (unpaired) electrons. The highest BCUT2D eigenvalue weighted by Crippen LogP contribution is 2.34. The largest absolute Gasteiger partial charge is 0.416 e. The van der Waals surface area contributed by atoms with E-state index in [9.17, 15) is 22.8 Å². The number of benzene rings is 2. The predicted octanol–water partition coefficient (Wildman–Crippen LogP) is 5.04. The third-order valence-corrected chi connectivity index (χ3v) is 5.24. The highest BCUT2D eigenvalue weighted by Gasteiger charge is 2.31. The van der Waals surface area contributed by atoms with Crippen molar-refractivity contribution in [3.63, 3.8) is 0 Å². The van der Waals surface area contributed by atoms with Crippen molar-refractivity contribution in [3.05, 3.63) is 74.5 Å². The minimum atomic E-state index is -4.58. The SMILES string of the molecule is C[C@H]1Cc2cccc3c(=O)c(C(=O)Nc4cc(C(F)(F)F)ccc4Cl)cn1c23. The Morgan fingerprint density at radius 2 is 2.00 bits per heavy atom. The zero-order valence-corrected chi connectivity index (χ0v) is 15.4. The molecule has 0 spiro atoms. The van der Waals surface area contributed by atoms with Gasteiger partial charge in [-0.1, -0.05) is 23.7 Å². The number of anilines is 1. The summed E-state index contributed by atoms with van der Waals surface area (Å²) < 4.78 is 40.7. The summed E-state index contributed by atoms with van der Waals surface area (Å²) in [7, 11) is 0. The van der Waals surface area contributed by atoms with Crippen molar-refractivity contribution in [2.75, 3.05) is 5.32 Å². The molecule has 3 aromatic rings. The van der Waals surface area contributed by atoms with Crippen LogP contribution in [0.4, 0.5) is 18.9 Å². The van der Waals surface area contributed by atoms with E-state index < -0.39 is 23.1 Å². The third-order valence-electron chi connectivity index (χ3n) is 4.91. The van der Waals surface area contributed by atoms with E-state index >= 15 is 0 Å². The number of carbonyl (C=O) groups is 1. The van der Waals surface area contributed by atoms with Crippen molar-refractivity contribution >= 4 is 34.1 Å². The second kappa shape index (κ2) is 6.38. The predicted molar refractivity (Wildman–Crippen MR) is 101 cm³/mol. The zero-order valence-electron chi connectivity index (χ0n) is 14.6. The summed E-state index contributed by atoms with van der Waals surface area (Å²) in [4.78, 5) is 25.5. The molecule has 4 rings (SSSR count). The molecule has 0 bridgehead atoms. The average Bonchev–Trinajstić information content (AvgIpc) is 2.95. The quantitative estimate of drug-likeness (QED) is 0.648. The number of hydrogen-bond acceptors (Lipinski definition) is 2. The van der Waals surface area contributed by atoms with E-state index in [2.05, 4.69) is 5.32 Å². The Hall–Kier alpha value is -2.80. The maximum atomic E-state index is 12.9. The molecule has 0 fully saturated rings. The van der Waals surface area contributed by atoms with E-state index in [4.69, 9.17) is 11.6 Å².